The molecule has 6 nitrogen and oxygen atoms in total. The molecule has 0 aromatic heterocycles. The van der Waals surface area contributed by atoms with Gasteiger partial charge in [-0.15, -0.1) is 0 Å². The minimum Gasteiger partial charge on any atom is -0.376 e. The second kappa shape index (κ2) is 6.36. The molecule has 122 valence electrons. The molecule has 0 aliphatic carbocycles. The van der Waals surface area contributed by atoms with Crippen LogP contribution >= 0.6 is 0 Å². The molecule has 1 heterocycles. The first-order chi connectivity index (χ1) is 10.2. The zero-order valence-electron chi connectivity index (χ0n) is 12.8. The van der Waals surface area contributed by atoms with Gasteiger partial charge in [0.25, 0.3) is 0 Å². The summed E-state index contributed by atoms with van der Waals surface area (Å²) in [6.45, 7) is 4.92. The number of ether oxygens (including phenoxy) is 1. The highest BCUT2D eigenvalue weighted by atomic mass is 32.2. The third-order valence-electron chi connectivity index (χ3n) is 3.79. The van der Waals surface area contributed by atoms with Gasteiger partial charge in [-0.05, 0) is 44.4 Å². The maximum atomic E-state index is 12.2. The molecule has 22 heavy (non-hydrogen) atoms. The molecule has 1 amide bonds. The molecule has 0 bridgehead atoms. The van der Waals surface area contributed by atoms with Gasteiger partial charge in [0.1, 0.15) is 0 Å². The Morgan fingerprint density at radius 2 is 2.00 bits per heavy atom. The first-order valence-electron chi connectivity index (χ1n) is 7.21. The number of amides is 1. The van der Waals surface area contributed by atoms with Gasteiger partial charge in [-0.25, -0.2) is 13.6 Å². The van der Waals surface area contributed by atoms with E-state index < -0.39 is 10.0 Å². The molecular formula is C15H22N2O4S. The lowest BCUT2D eigenvalue weighted by Gasteiger charge is -2.34. The third kappa shape index (κ3) is 4.53. The maximum absolute atomic E-state index is 12.2. The van der Waals surface area contributed by atoms with Crippen LogP contribution < -0.4 is 10.5 Å². The highest BCUT2D eigenvalue weighted by molar-refractivity contribution is 7.89. The normalized spacial score (nSPS) is 21.3. The molecule has 1 aromatic carbocycles. The van der Waals surface area contributed by atoms with Crippen LogP contribution in [0.5, 0.6) is 0 Å². The van der Waals surface area contributed by atoms with Gasteiger partial charge in [-0.1, -0.05) is 12.1 Å². The van der Waals surface area contributed by atoms with E-state index in [1.165, 1.54) is 12.1 Å². The molecule has 0 spiro atoms. The molecule has 3 N–H and O–H groups in total. The average molecular weight is 326 g/mol. The molecule has 7 heteroatoms. The van der Waals surface area contributed by atoms with E-state index in [4.69, 9.17) is 9.88 Å². The third-order valence-corrected chi connectivity index (χ3v) is 4.72. The Morgan fingerprint density at radius 3 is 2.55 bits per heavy atom. The van der Waals surface area contributed by atoms with E-state index in [1.807, 2.05) is 13.8 Å². The fourth-order valence-electron chi connectivity index (χ4n) is 2.59. The number of sulfonamides is 1. The lowest BCUT2D eigenvalue weighted by atomic mass is 9.88. The van der Waals surface area contributed by atoms with E-state index in [9.17, 15) is 13.2 Å². The molecule has 1 fully saturated rings. The summed E-state index contributed by atoms with van der Waals surface area (Å²) >= 11 is 0. The smallest absolute Gasteiger partial charge is 0.238 e. The van der Waals surface area contributed by atoms with E-state index in [0.29, 0.717) is 19.6 Å². The lowest BCUT2D eigenvalue weighted by Crippen LogP contribution is -2.41. The van der Waals surface area contributed by atoms with Gasteiger partial charge in [-0.2, -0.15) is 0 Å². The van der Waals surface area contributed by atoms with Gasteiger partial charge in [0.2, 0.25) is 15.9 Å². The van der Waals surface area contributed by atoms with Crippen LogP contribution in [0.3, 0.4) is 0 Å². The Bertz CT molecular complexity index is 638. The minimum atomic E-state index is -3.68. The predicted octanol–water partition coefficient (Wildman–Crippen LogP) is 1.16. The van der Waals surface area contributed by atoms with Crippen molar-refractivity contribution in [3.05, 3.63) is 29.8 Å². The number of hydrogen-bond acceptors (Lipinski definition) is 4. The Balaban J connectivity index is 1.91. The molecule has 1 unspecified atom stereocenters. The van der Waals surface area contributed by atoms with E-state index in [1.54, 1.807) is 12.1 Å². The van der Waals surface area contributed by atoms with Crippen molar-refractivity contribution >= 4 is 15.9 Å². The molecule has 0 radical (unpaired) electrons. The number of hydrogen-bond donors (Lipinski definition) is 2. The number of carbonyl (C=O) groups excluding carboxylic acids is 1. The van der Waals surface area contributed by atoms with Crippen molar-refractivity contribution in [1.29, 1.82) is 0 Å². The average Bonchev–Trinajstić information content (AvgIpc) is 2.43. The Morgan fingerprint density at radius 1 is 1.36 bits per heavy atom. The van der Waals surface area contributed by atoms with E-state index in [0.717, 1.165) is 12.0 Å². The summed E-state index contributed by atoms with van der Waals surface area (Å²) in [4.78, 5) is 12.3. The van der Waals surface area contributed by atoms with Gasteiger partial charge in [0.15, 0.2) is 0 Å². The Hall–Kier alpha value is -1.44. The number of benzene rings is 1. The zero-order chi connectivity index (χ0) is 16.4. The molecule has 1 aromatic rings. The zero-order valence-corrected chi connectivity index (χ0v) is 13.7. The quantitative estimate of drug-likeness (QED) is 0.867. The summed E-state index contributed by atoms with van der Waals surface area (Å²) < 4.78 is 28.0. The lowest BCUT2D eigenvalue weighted by molar-refractivity contribution is -0.135. The predicted molar refractivity (Wildman–Crippen MR) is 82.4 cm³/mol. The van der Waals surface area contributed by atoms with Crippen molar-refractivity contribution < 1.29 is 17.9 Å². The largest absolute Gasteiger partial charge is 0.376 e. The summed E-state index contributed by atoms with van der Waals surface area (Å²) in [6.07, 6.45) is 1.42. The molecule has 0 saturated carbocycles. The number of carbonyl (C=O) groups is 1. The molecule has 1 saturated heterocycles. The number of primary sulfonamides is 1. The Kier molecular flexibility index (Phi) is 4.89. The molecule has 1 atom stereocenters. The number of rotatable bonds is 4. The van der Waals surface area contributed by atoms with Crippen molar-refractivity contribution in [3.63, 3.8) is 0 Å². The van der Waals surface area contributed by atoms with E-state index in [2.05, 4.69) is 5.32 Å². The number of nitrogens with two attached hydrogens (primary N) is 1. The van der Waals surface area contributed by atoms with E-state index >= 15 is 0 Å². The second-order valence-electron chi connectivity index (χ2n) is 6.20. The summed E-state index contributed by atoms with van der Waals surface area (Å²) in [5.41, 5.74) is 0.560. The topological polar surface area (TPSA) is 98.5 Å². The maximum Gasteiger partial charge on any atom is 0.238 e. The van der Waals surface area contributed by atoms with Crippen LogP contribution in [0.1, 0.15) is 32.3 Å². The monoisotopic (exact) mass is 326 g/mol. The molecule has 2 rings (SSSR count). The van der Waals surface area contributed by atoms with Crippen LogP contribution in [-0.4, -0.2) is 26.5 Å². The molecule has 1 aliphatic rings. The second-order valence-corrected chi connectivity index (χ2v) is 7.77. The van der Waals surface area contributed by atoms with Crippen LogP contribution in [-0.2, 0) is 26.1 Å². The summed E-state index contributed by atoms with van der Waals surface area (Å²) in [5.74, 6) is -0.0423. The van der Waals surface area contributed by atoms with Crippen molar-refractivity contribution in [1.82, 2.24) is 5.32 Å². The van der Waals surface area contributed by atoms with Crippen molar-refractivity contribution in [2.45, 2.75) is 43.7 Å². The van der Waals surface area contributed by atoms with Crippen LogP contribution in [0.2, 0.25) is 0 Å². The van der Waals surface area contributed by atoms with Gasteiger partial charge < -0.3 is 10.1 Å². The van der Waals surface area contributed by atoms with Crippen LogP contribution in [0, 0.1) is 5.92 Å². The van der Waals surface area contributed by atoms with Crippen LogP contribution in [0.25, 0.3) is 0 Å². The van der Waals surface area contributed by atoms with Crippen molar-refractivity contribution in [2.24, 2.45) is 11.1 Å². The molecule has 1 aliphatic heterocycles. The standard InChI is InChI=1S/C15H22N2O4S/c1-15(2)9-12(7-8-21-15)14(18)17-10-11-3-5-13(6-4-11)22(16,19)20/h3-6,12H,7-10H2,1-2H3,(H,17,18)(H2,16,19,20). The van der Waals surface area contributed by atoms with Gasteiger partial charge in [0, 0.05) is 19.1 Å². The number of nitrogens with one attached hydrogen (secondary N) is 1. The fourth-order valence-corrected chi connectivity index (χ4v) is 3.10. The fraction of sp³-hybridized carbons (Fsp3) is 0.533. The van der Waals surface area contributed by atoms with Gasteiger partial charge in [-0.3, -0.25) is 4.79 Å². The SMILES string of the molecule is CC1(C)CC(C(=O)NCc2ccc(S(N)(=O)=O)cc2)CCO1. The van der Waals surface area contributed by atoms with E-state index in [-0.39, 0.29) is 22.3 Å². The molecular weight excluding hydrogens is 304 g/mol. The van der Waals surface area contributed by atoms with Crippen LogP contribution in [0.4, 0.5) is 0 Å². The summed E-state index contributed by atoms with van der Waals surface area (Å²) in [5, 5.41) is 7.93. The first kappa shape index (κ1) is 16.9. The summed E-state index contributed by atoms with van der Waals surface area (Å²) in [7, 11) is -3.68. The van der Waals surface area contributed by atoms with Crippen molar-refractivity contribution in [3.8, 4) is 0 Å². The van der Waals surface area contributed by atoms with Crippen molar-refractivity contribution in [2.75, 3.05) is 6.61 Å². The van der Waals surface area contributed by atoms with Crippen LogP contribution in [0.15, 0.2) is 29.2 Å². The van der Waals surface area contributed by atoms with Gasteiger partial charge in [0.05, 0.1) is 10.5 Å². The first-order valence-corrected chi connectivity index (χ1v) is 8.75. The Labute approximate surface area is 131 Å². The minimum absolute atomic E-state index is 0.00639. The highest BCUT2D eigenvalue weighted by Crippen LogP contribution is 2.28. The van der Waals surface area contributed by atoms with Gasteiger partial charge >= 0.3 is 0 Å². The summed E-state index contributed by atoms with van der Waals surface area (Å²) in [6, 6.07) is 6.17. The highest BCUT2D eigenvalue weighted by Gasteiger charge is 2.32.